The molecule has 0 saturated carbocycles. The fourth-order valence-electron chi connectivity index (χ4n) is 2.38. The molecule has 1 aromatic carbocycles. The number of fused-ring (bicyclic) bond motifs is 1. The zero-order valence-corrected chi connectivity index (χ0v) is 14.7. The van der Waals surface area contributed by atoms with Crippen LogP contribution >= 0.6 is 11.8 Å². The molecule has 3 heterocycles. The van der Waals surface area contributed by atoms with Gasteiger partial charge < -0.3 is 9.73 Å². The van der Waals surface area contributed by atoms with Crippen molar-refractivity contribution in [2.24, 2.45) is 0 Å². The number of benzene rings is 1. The summed E-state index contributed by atoms with van der Waals surface area (Å²) in [5.41, 5.74) is 3.20. The Balaban J connectivity index is 1.47. The first-order chi connectivity index (χ1) is 12.7. The monoisotopic (exact) mass is 365 g/mol. The molecule has 26 heavy (non-hydrogen) atoms. The lowest BCUT2D eigenvalue weighted by molar-refractivity contribution is -0.113. The zero-order chi connectivity index (χ0) is 17.9. The fraction of sp³-hybridized carbons (Fsp3) is 0.111. The Morgan fingerprint density at radius 1 is 1.15 bits per heavy atom. The third-order valence-electron chi connectivity index (χ3n) is 3.68. The summed E-state index contributed by atoms with van der Waals surface area (Å²) < 4.78 is 6.98. The van der Waals surface area contributed by atoms with Crippen LogP contribution in [0.15, 0.2) is 64.4 Å². The number of amides is 1. The first-order valence-electron chi connectivity index (χ1n) is 7.95. The summed E-state index contributed by atoms with van der Waals surface area (Å²) in [6, 6.07) is 14.9. The number of hydrogen-bond acceptors (Lipinski definition) is 6. The van der Waals surface area contributed by atoms with Gasteiger partial charge in [0.2, 0.25) is 11.1 Å². The molecule has 0 aliphatic carbocycles. The van der Waals surface area contributed by atoms with E-state index in [1.807, 2.05) is 49.4 Å². The van der Waals surface area contributed by atoms with Crippen LogP contribution in [0.25, 0.3) is 17.1 Å². The van der Waals surface area contributed by atoms with Gasteiger partial charge in [-0.05, 0) is 43.3 Å². The van der Waals surface area contributed by atoms with Crippen molar-refractivity contribution in [3.05, 3.63) is 60.4 Å². The molecular weight excluding hydrogens is 350 g/mol. The van der Waals surface area contributed by atoms with Crippen LogP contribution in [0.3, 0.4) is 0 Å². The van der Waals surface area contributed by atoms with E-state index in [1.54, 1.807) is 16.8 Å². The summed E-state index contributed by atoms with van der Waals surface area (Å²) in [6.45, 7) is 2.00. The van der Waals surface area contributed by atoms with Crippen molar-refractivity contribution in [3.63, 3.8) is 0 Å². The number of aryl methyl sites for hydroxylation is 1. The number of thioether (sulfide) groups is 1. The molecule has 4 aromatic rings. The highest BCUT2D eigenvalue weighted by Crippen LogP contribution is 2.21. The molecule has 8 heteroatoms. The normalized spacial score (nSPS) is 11.0. The van der Waals surface area contributed by atoms with E-state index in [1.165, 1.54) is 11.8 Å². The average molecular weight is 365 g/mol. The largest absolute Gasteiger partial charge is 0.463 e. The smallest absolute Gasteiger partial charge is 0.234 e. The lowest BCUT2D eigenvalue weighted by Gasteiger charge is -2.05. The van der Waals surface area contributed by atoms with Crippen LogP contribution in [0.2, 0.25) is 0 Å². The molecular formula is C18H15N5O2S. The third-order valence-corrected chi connectivity index (χ3v) is 4.59. The van der Waals surface area contributed by atoms with Crippen molar-refractivity contribution >= 4 is 29.0 Å². The van der Waals surface area contributed by atoms with Gasteiger partial charge in [-0.15, -0.1) is 10.2 Å². The highest BCUT2D eigenvalue weighted by Gasteiger charge is 2.12. The summed E-state index contributed by atoms with van der Waals surface area (Å²) in [5, 5.41) is 16.1. The molecule has 1 N–H and O–H groups in total. The van der Waals surface area contributed by atoms with Crippen LogP contribution in [0.4, 0.5) is 5.69 Å². The molecule has 0 bridgehead atoms. The molecule has 0 spiro atoms. The number of hydrogen-bond donors (Lipinski definition) is 1. The molecule has 0 radical (unpaired) electrons. The second kappa shape index (κ2) is 7.01. The van der Waals surface area contributed by atoms with Crippen molar-refractivity contribution in [2.75, 3.05) is 11.1 Å². The van der Waals surface area contributed by atoms with Crippen LogP contribution in [-0.2, 0) is 4.79 Å². The summed E-state index contributed by atoms with van der Waals surface area (Å²) in [7, 11) is 0. The van der Waals surface area contributed by atoms with E-state index in [-0.39, 0.29) is 11.7 Å². The van der Waals surface area contributed by atoms with Gasteiger partial charge in [-0.2, -0.15) is 9.61 Å². The number of carbonyl (C=O) groups excluding carboxylic acids is 1. The highest BCUT2D eigenvalue weighted by molar-refractivity contribution is 7.99. The van der Waals surface area contributed by atoms with Crippen molar-refractivity contribution in [1.29, 1.82) is 0 Å². The maximum atomic E-state index is 12.2. The van der Waals surface area contributed by atoms with Gasteiger partial charge in [-0.25, -0.2) is 0 Å². The van der Waals surface area contributed by atoms with E-state index in [2.05, 4.69) is 20.6 Å². The van der Waals surface area contributed by atoms with Gasteiger partial charge in [0.25, 0.3) is 0 Å². The van der Waals surface area contributed by atoms with E-state index in [9.17, 15) is 4.79 Å². The van der Waals surface area contributed by atoms with Gasteiger partial charge in [-0.3, -0.25) is 4.79 Å². The standard InChI is InChI=1S/C18H15N5O2S/c1-12-4-6-13(7-5-12)19-17(24)11-26-18-21-20-16-9-8-14(22-23(16)18)15-3-2-10-25-15/h2-10H,11H2,1H3,(H,19,24). The minimum atomic E-state index is -0.113. The number of furan rings is 1. The Bertz CT molecular complexity index is 1040. The lowest BCUT2D eigenvalue weighted by atomic mass is 10.2. The second-order valence-corrected chi connectivity index (χ2v) is 6.59. The van der Waals surface area contributed by atoms with E-state index >= 15 is 0 Å². The van der Waals surface area contributed by atoms with Crippen LogP contribution in [0, 0.1) is 6.92 Å². The minimum Gasteiger partial charge on any atom is -0.463 e. The molecule has 0 fully saturated rings. The van der Waals surface area contributed by atoms with Gasteiger partial charge in [0.1, 0.15) is 5.69 Å². The molecule has 0 unspecified atom stereocenters. The molecule has 130 valence electrons. The summed E-state index contributed by atoms with van der Waals surface area (Å²) in [5.74, 6) is 0.757. The molecule has 4 rings (SSSR count). The Labute approximate surface area is 153 Å². The molecule has 0 saturated heterocycles. The average Bonchev–Trinajstić information content (AvgIpc) is 3.31. The van der Waals surface area contributed by atoms with E-state index in [0.29, 0.717) is 22.3 Å². The number of nitrogens with zero attached hydrogens (tertiary/aromatic N) is 4. The van der Waals surface area contributed by atoms with Gasteiger partial charge in [0.05, 0.1) is 12.0 Å². The van der Waals surface area contributed by atoms with Crippen molar-refractivity contribution in [3.8, 4) is 11.5 Å². The molecule has 0 aliphatic heterocycles. The maximum absolute atomic E-state index is 12.2. The second-order valence-electron chi connectivity index (χ2n) is 5.65. The summed E-state index contributed by atoms with van der Waals surface area (Å²) >= 11 is 1.28. The Hall–Kier alpha value is -3.13. The van der Waals surface area contributed by atoms with Crippen LogP contribution in [0.1, 0.15) is 5.56 Å². The molecule has 0 atom stereocenters. The number of carbonyl (C=O) groups is 1. The molecule has 1 amide bonds. The first kappa shape index (κ1) is 16.3. The van der Waals surface area contributed by atoms with Gasteiger partial charge in [0, 0.05) is 5.69 Å². The van der Waals surface area contributed by atoms with Crippen LogP contribution < -0.4 is 5.32 Å². The summed E-state index contributed by atoms with van der Waals surface area (Å²) in [6.07, 6.45) is 1.60. The highest BCUT2D eigenvalue weighted by atomic mass is 32.2. The van der Waals surface area contributed by atoms with Crippen molar-refractivity contribution < 1.29 is 9.21 Å². The SMILES string of the molecule is Cc1ccc(NC(=O)CSc2nnc3ccc(-c4ccco4)nn23)cc1. The van der Waals surface area contributed by atoms with Crippen molar-refractivity contribution in [2.45, 2.75) is 12.1 Å². The number of rotatable bonds is 5. The van der Waals surface area contributed by atoms with Crippen LogP contribution in [0.5, 0.6) is 0 Å². The third kappa shape index (κ3) is 3.45. The minimum absolute atomic E-state index is 0.113. The molecule has 0 aliphatic rings. The quantitative estimate of drug-likeness (QED) is 0.546. The predicted molar refractivity (Wildman–Crippen MR) is 99.0 cm³/mol. The lowest BCUT2D eigenvalue weighted by Crippen LogP contribution is -2.14. The van der Waals surface area contributed by atoms with Gasteiger partial charge in [-0.1, -0.05) is 29.5 Å². The topological polar surface area (TPSA) is 85.3 Å². The van der Waals surface area contributed by atoms with Gasteiger partial charge >= 0.3 is 0 Å². The van der Waals surface area contributed by atoms with Gasteiger partial charge in [0.15, 0.2) is 11.4 Å². The number of nitrogens with one attached hydrogen (secondary N) is 1. The number of anilines is 1. The Morgan fingerprint density at radius 2 is 2.00 bits per heavy atom. The Morgan fingerprint density at radius 3 is 2.77 bits per heavy atom. The summed E-state index contributed by atoms with van der Waals surface area (Å²) in [4.78, 5) is 12.2. The maximum Gasteiger partial charge on any atom is 0.234 e. The van der Waals surface area contributed by atoms with Crippen LogP contribution in [-0.4, -0.2) is 31.5 Å². The molecule has 7 nitrogen and oxygen atoms in total. The molecule has 3 aromatic heterocycles. The van der Waals surface area contributed by atoms with Crippen molar-refractivity contribution in [1.82, 2.24) is 19.8 Å². The fourth-order valence-corrected chi connectivity index (χ4v) is 3.07. The van der Waals surface area contributed by atoms with E-state index in [0.717, 1.165) is 11.3 Å². The zero-order valence-electron chi connectivity index (χ0n) is 13.9. The Kier molecular flexibility index (Phi) is 4.40. The predicted octanol–water partition coefficient (Wildman–Crippen LogP) is 3.42. The van der Waals surface area contributed by atoms with E-state index < -0.39 is 0 Å². The first-order valence-corrected chi connectivity index (χ1v) is 8.93. The van der Waals surface area contributed by atoms with E-state index in [4.69, 9.17) is 4.42 Å². The number of aromatic nitrogens is 4.